The van der Waals surface area contributed by atoms with Crippen LogP contribution in [0.3, 0.4) is 0 Å². The van der Waals surface area contributed by atoms with Gasteiger partial charge in [0.25, 0.3) is 0 Å². The quantitative estimate of drug-likeness (QED) is 0.669. The lowest BCUT2D eigenvalue weighted by molar-refractivity contribution is 0.103. The average molecular weight is 368 g/mol. The maximum atomic E-state index is 12.9. The summed E-state index contributed by atoms with van der Waals surface area (Å²) >= 11 is 1.08. The van der Waals surface area contributed by atoms with Gasteiger partial charge in [0.05, 0.1) is 18.4 Å². The van der Waals surface area contributed by atoms with Crippen LogP contribution in [0.4, 0.5) is 15.6 Å². The molecule has 0 aliphatic rings. The molecule has 0 radical (unpaired) electrons. The van der Waals surface area contributed by atoms with Crippen LogP contribution in [0.2, 0.25) is 0 Å². The van der Waals surface area contributed by atoms with E-state index in [1.807, 2.05) is 0 Å². The predicted octanol–water partition coefficient (Wildman–Crippen LogP) is 3.73. The number of ether oxygens (including phenoxy) is 1. The largest absolute Gasteiger partial charge is 0.496 e. The fourth-order valence-electron chi connectivity index (χ4n) is 2.37. The van der Waals surface area contributed by atoms with E-state index in [4.69, 9.17) is 4.74 Å². The first kappa shape index (κ1) is 17.6. The number of hydrogen-bond acceptors (Lipinski definition) is 6. The van der Waals surface area contributed by atoms with E-state index in [0.717, 1.165) is 11.5 Å². The SMILES string of the molecule is COc1ccccc1C(=O)c1ccccc1NC(=O)Nc1nc(C)ns1. The maximum absolute atomic E-state index is 12.9. The van der Waals surface area contributed by atoms with E-state index in [-0.39, 0.29) is 5.78 Å². The lowest BCUT2D eigenvalue weighted by Gasteiger charge is -2.12. The van der Waals surface area contributed by atoms with Gasteiger partial charge in [0.15, 0.2) is 5.78 Å². The Balaban J connectivity index is 1.84. The van der Waals surface area contributed by atoms with E-state index >= 15 is 0 Å². The molecule has 0 atom stereocenters. The summed E-state index contributed by atoms with van der Waals surface area (Å²) in [7, 11) is 1.51. The number of carbonyl (C=O) groups is 2. The second-order valence-electron chi connectivity index (χ2n) is 5.30. The number of ketones is 1. The number of methoxy groups -OCH3 is 1. The summed E-state index contributed by atoms with van der Waals surface area (Å²) in [6.07, 6.45) is 0. The van der Waals surface area contributed by atoms with E-state index in [1.165, 1.54) is 7.11 Å². The van der Waals surface area contributed by atoms with Gasteiger partial charge < -0.3 is 10.1 Å². The number of aryl methyl sites for hydroxylation is 1. The van der Waals surface area contributed by atoms with Gasteiger partial charge >= 0.3 is 6.03 Å². The zero-order valence-corrected chi connectivity index (χ0v) is 15.0. The van der Waals surface area contributed by atoms with Gasteiger partial charge in [-0.1, -0.05) is 24.3 Å². The monoisotopic (exact) mass is 368 g/mol. The maximum Gasteiger partial charge on any atom is 0.325 e. The molecule has 2 amide bonds. The van der Waals surface area contributed by atoms with E-state index < -0.39 is 6.03 Å². The van der Waals surface area contributed by atoms with Crippen molar-refractivity contribution in [1.29, 1.82) is 0 Å². The highest BCUT2D eigenvalue weighted by molar-refractivity contribution is 7.09. The molecule has 132 valence electrons. The molecule has 0 bridgehead atoms. The Morgan fingerprint density at radius 3 is 2.38 bits per heavy atom. The molecule has 0 saturated heterocycles. The van der Waals surface area contributed by atoms with Crippen molar-refractivity contribution in [2.45, 2.75) is 6.92 Å². The Kier molecular flexibility index (Phi) is 5.23. The predicted molar refractivity (Wildman–Crippen MR) is 100 cm³/mol. The molecule has 0 aliphatic heterocycles. The zero-order chi connectivity index (χ0) is 18.5. The van der Waals surface area contributed by atoms with Crippen molar-refractivity contribution in [3.05, 3.63) is 65.5 Å². The minimum absolute atomic E-state index is 0.245. The van der Waals surface area contributed by atoms with Gasteiger partial charge in [-0.05, 0) is 31.2 Å². The van der Waals surface area contributed by atoms with Crippen LogP contribution in [0.5, 0.6) is 5.75 Å². The molecule has 1 aromatic heterocycles. The van der Waals surface area contributed by atoms with Crippen molar-refractivity contribution >= 4 is 34.2 Å². The highest BCUT2D eigenvalue weighted by atomic mass is 32.1. The Labute approximate surface area is 154 Å². The van der Waals surface area contributed by atoms with Gasteiger partial charge in [-0.2, -0.15) is 4.37 Å². The number of nitrogens with zero attached hydrogens (tertiary/aromatic N) is 2. The van der Waals surface area contributed by atoms with Crippen LogP contribution in [0.1, 0.15) is 21.7 Å². The number of anilines is 2. The minimum Gasteiger partial charge on any atom is -0.496 e. The Hall–Kier alpha value is -3.26. The number of benzene rings is 2. The number of nitrogens with one attached hydrogen (secondary N) is 2. The molecule has 3 rings (SSSR count). The van der Waals surface area contributed by atoms with Crippen molar-refractivity contribution in [2.75, 3.05) is 17.7 Å². The van der Waals surface area contributed by atoms with E-state index in [2.05, 4.69) is 20.0 Å². The van der Waals surface area contributed by atoms with E-state index in [0.29, 0.717) is 33.5 Å². The lowest BCUT2D eigenvalue weighted by atomic mass is 10.0. The number of para-hydroxylation sites is 2. The molecule has 2 N–H and O–H groups in total. The molecule has 2 aromatic carbocycles. The first-order chi connectivity index (χ1) is 12.6. The standard InChI is InChI=1S/C18H16N4O3S/c1-11-19-18(26-22-11)21-17(24)20-14-9-5-3-7-12(14)16(23)13-8-4-6-10-15(13)25-2/h3-10H,1-2H3,(H2,19,20,21,22,24). The van der Waals surface area contributed by atoms with Crippen molar-refractivity contribution in [3.63, 3.8) is 0 Å². The molecule has 8 heteroatoms. The molecule has 0 fully saturated rings. The summed E-state index contributed by atoms with van der Waals surface area (Å²) in [6.45, 7) is 1.74. The van der Waals surface area contributed by atoms with Crippen LogP contribution in [0.25, 0.3) is 0 Å². The van der Waals surface area contributed by atoms with Gasteiger partial charge in [-0.25, -0.2) is 9.78 Å². The number of urea groups is 1. The third-order valence-electron chi connectivity index (χ3n) is 3.52. The highest BCUT2D eigenvalue weighted by Crippen LogP contribution is 2.25. The van der Waals surface area contributed by atoms with Crippen LogP contribution in [0, 0.1) is 6.92 Å². The van der Waals surface area contributed by atoms with E-state index in [1.54, 1.807) is 55.5 Å². The van der Waals surface area contributed by atoms with Crippen LogP contribution < -0.4 is 15.4 Å². The summed E-state index contributed by atoms with van der Waals surface area (Å²) in [4.78, 5) is 29.2. The third-order valence-corrected chi connectivity index (χ3v) is 4.24. The molecule has 0 aliphatic carbocycles. The van der Waals surface area contributed by atoms with Crippen molar-refractivity contribution in [1.82, 2.24) is 9.36 Å². The van der Waals surface area contributed by atoms with Gasteiger partial charge in [-0.3, -0.25) is 10.1 Å². The minimum atomic E-state index is -0.499. The molecule has 3 aromatic rings. The fraction of sp³-hybridized carbons (Fsp3) is 0.111. The summed E-state index contributed by atoms with van der Waals surface area (Å²) in [5.41, 5.74) is 1.17. The number of carbonyl (C=O) groups excluding carboxylic acids is 2. The van der Waals surface area contributed by atoms with Crippen LogP contribution in [0.15, 0.2) is 48.5 Å². The van der Waals surface area contributed by atoms with Gasteiger partial charge in [-0.15, -0.1) is 0 Å². The molecular formula is C18H16N4O3S. The van der Waals surface area contributed by atoms with Gasteiger partial charge in [0.2, 0.25) is 5.13 Å². The zero-order valence-electron chi connectivity index (χ0n) is 14.1. The third kappa shape index (κ3) is 3.86. The molecule has 0 spiro atoms. The number of rotatable bonds is 5. The normalized spacial score (nSPS) is 10.2. The Bertz CT molecular complexity index is 955. The summed E-state index contributed by atoms with van der Waals surface area (Å²) in [5, 5.41) is 5.67. The average Bonchev–Trinajstić information content (AvgIpc) is 3.06. The molecule has 0 saturated carbocycles. The van der Waals surface area contributed by atoms with Crippen molar-refractivity contribution < 1.29 is 14.3 Å². The van der Waals surface area contributed by atoms with Crippen LogP contribution in [-0.2, 0) is 0 Å². The topological polar surface area (TPSA) is 93.2 Å². The van der Waals surface area contributed by atoms with E-state index in [9.17, 15) is 9.59 Å². The second kappa shape index (κ2) is 7.75. The van der Waals surface area contributed by atoms with Crippen LogP contribution in [-0.4, -0.2) is 28.3 Å². The number of hydrogen-bond donors (Lipinski definition) is 2. The molecular weight excluding hydrogens is 352 g/mol. The Morgan fingerprint density at radius 2 is 1.69 bits per heavy atom. The number of amides is 2. The Morgan fingerprint density at radius 1 is 1.00 bits per heavy atom. The fourth-order valence-corrected chi connectivity index (χ4v) is 2.94. The van der Waals surface area contributed by atoms with Crippen molar-refractivity contribution in [3.8, 4) is 5.75 Å². The van der Waals surface area contributed by atoms with Crippen molar-refractivity contribution in [2.24, 2.45) is 0 Å². The lowest BCUT2D eigenvalue weighted by Crippen LogP contribution is -2.21. The first-order valence-electron chi connectivity index (χ1n) is 7.73. The molecule has 1 heterocycles. The summed E-state index contributed by atoms with van der Waals surface area (Å²) in [5.74, 6) is 0.809. The van der Waals surface area contributed by atoms with Gasteiger partial charge in [0, 0.05) is 17.1 Å². The smallest absolute Gasteiger partial charge is 0.325 e. The summed E-state index contributed by atoms with van der Waals surface area (Å²) in [6, 6.07) is 13.2. The van der Waals surface area contributed by atoms with Gasteiger partial charge in [0.1, 0.15) is 11.6 Å². The molecule has 26 heavy (non-hydrogen) atoms. The number of aromatic nitrogens is 2. The summed E-state index contributed by atoms with van der Waals surface area (Å²) < 4.78 is 9.26. The molecule has 7 nitrogen and oxygen atoms in total. The van der Waals surface area contributed by atoms with Crippen LogP contribution >= 0.6 is 11.5 Å². The second-order valence-corrected chi connectivity index (χ2v) is 6.05. The highest BCUT2D eigenvalue weighted by Gasteiger charge is 2.18. The first-order valence-corrected chi connectivity index (χ1v) is 8.51. The molecule has 0 unspecified atom stereocenters.